The van der Waals surface area contributed by atoms with Gasteiger partial charge in [-0.2, -0.15) is 11.8 Å². The van der Waals surface area contributed by atoms with Crippen LogP contribution in [0.3, 0.4) is 0 Å². The van der Waals surface area contributed by atoms with Gasteiger partial charge in [-0.25, -0.2) is 0 Å². The number of hydrogen-bond donors (Lipinski definition) is 1. The predicted octanol–water partition coefficient (Wildman–Crippen LogP) is 1.50. The van der Waals surface area contributed by atoms with Crippen LogP contribution in [0.2, 0.25) is 0 Å². The summed E-state index contributed by atoms with van der Waals surface area (Å²) >= 11 is 1.90. The highest BCUT2D eigenvalue weighted by molar-refractivity contribution is 7.99. The van der Waals surface area contributed by atoms with E-state index in [1.54, 1.807) is 19.2 Å². The lowest BCUT2D eigenvalue weighted by Crippen LogP contribution is -2.52. The molecule has 2 amide bonds. The number of ether oxygens (including phenoxy) is 1. The summed E-state index contributed by atoms with van der Waals surface area (Å²) in [6.07, 6.45) is 0.552. The molecule has 6 nitrogen and oxygen atoms in total. The van der Waals surface area contributed by atoms with E-state index in [2.05, 4.69) is 5.32 Å². The molecule has 2 aliphatic heterocycles. The molecule has 0 bridgehead atoms. The Bertz CT molecular complexity index is 617. The fourth-order valence-electron chi connectivity index (χ4n) is 3.19. The number of nitrogens with one attached hydrogen (secondary N) is 1. The number of hydrogen-bond acceptors (Lipinski definition) is 5. The van der Waals surface area contributed by atoms with E-state index in [1.165, 1.54) is 0 Å². The van der Waals surface area contributed by atoms with Crippen LogP contribution in [0.1, 0.15) is 16.8 Å². The molecule has 0 aromatic heterocycles. The molecule has 1 aromatic carbocycles. The van der Waals surface area contributed by atoms with E-state index in [4.69, 9.17) is 4.74 Å². The van der Waals surface area contributed by atoms with Crippen molar-refractivity contribution in [3.05, 3.63) is 29.8 Å². The highest BCUT2D eigenvalue weighted by Crippen LogP contribution is 2.16. The van der Waals surface area contributed by atoms with E-state index in [0.717, 1.165) is 18.1 Å². The Balaban J connectivity index is 0.00000243. The first-order valence-electron chi connectivity index (χ1n) is 8.69. The number of carbonyl (C=O) groups is 2. The maximum absolute atomic E-state index is 12.6. The maximum Gasteiger partial charge on any atom is 0.254 e. The number of nitrogens with zero attached hydrogens (tertiary/aromatic N) is 2. The molecule has 1 atom stereocenters. The van der Waals surface area contributed by atoms with Crippen molar-refractivity contribution in [2.75, 3.05) is 51.3 Å². The van der Waals surface area contributed by atoms with E-state index in [1.807, 2.05) is 33.7 Å². The summed E-state index contributed by atoms with van der Waals surface area (Å²) in [5.74, 6) is 2.98. The molecule has 2 heterocycles. The van der Waals surface area contributed by atoms with Crippen LogP contribution in [0.25, 0.3) is 0 Å². The number of benzene rings is 1. The highest BCUT2D eigenvalue weighted by Gasteiger charge is 2.26. The van der Waals surface area contributed by atoms with Crippen molar-refractivity contribution < 1.29 is 14.3 Å². The van der Waals surface area contributed by atoms with Crippen molar-refractivity contribution in [1.82, 2.24) is 15.1 Å². The number of carbonyl (C=O) groups excluding carboxylic acids is 2. The smallest absolute Gasteiger partial charge is 0.254 e. The monoisotopic (exact) mass is 399 g/mol. The number of thioether (sulfide) groups is 1. The van der Waals surface area contributed by atoms with Crippen molar-refractivity contribution in [3.63, 3.8) is 0 Å². The Morgan fingerprint density at radius 2 is 1.96 bits per heavy atom. The molecular weight excluding hydrogens is 374 g/mol. The van der Waals surface area contributed by atoms with Crippen LogP contribution in [-0.4, -0.2) is 79.0 Å². The quantitative estimate of drug-likeness (QED) is 0.831. The van der Waals surface area contributed by atoms with Gasteiger partial charge in [0, 0.05) is 62.3 Å². The molecule has 1 aromatic rings. The van der Waals surface area contributed by atoms with Crippen molar-refractivity contribution >= 4 is 36.0 Å². The molecule has 0 saturated carbocycles. The zero-order valence-electron chi connectivity index (χ0n) is 15.0. The maximum atomic E-state index is 12.6. The van der Waals surface area contributed by atoms with Gasteiger partial charge < -0.3 is 19.9 Å². The summed E-state index contributed by atoms with van der Waals surface area (Å²) in [6, 6.07) is 7.48. The second-order valence-electron chi connectivity index (χ2n) is 6.34. The molecule has 26 heavy (non-hydrogen) atoms. The molecule has 3 rings (SSSR count). The van der Waals surface area contributed by atoms with Gasteiger partial charge in [0.05, 0.1) is 7.11 Å². The molecule has 2 fully saturated rings. The summed E-state index contributed by atoms with van der Waals surface area (Å²) in [5.41, 5.74) is 0.627. The van der Waals surface area contributed by atoms with Crippen LogP contribution in [0.5, 0.6) is 5.75 Å². The fraction of sp³-hybridized carbons (Fsp3) is 0.556. The first-order chi connectivity index (χ1) is 12.2. The van der Waals surface area contributed by atoms with Crippen LogP contribution in [-0.2, 0) is 4.79 Å². The minimum Gasteiger partial charge on any atom is -0.497 e. The molecular formula is C18H26ClN3O3S. The first kappa shape index (κ1) is 20.9. The molecule has 0 spiro atoms. The van der Waals surface area contributed by atoms with Crippen molar-refractivity contribution in [2.45, 2.75) is 12.5 Å². The fourth-order valence-corrected chi connectivity index (χ4v) is 4.14. The van der Waals surface area contributed by atoms with Gasteiger partial charge in [-0.1, -0.05) is 6.07 Å². The summed E-state index contributed by atoms with van der Waals surface area (Å²) in [6.45, 7) is 3.34. The van der Waals surface area contributed by atoms with Gasteiger partial charge in [0.15, 0.2) is 0 Å². The van der Waals surface area contributed by atoms with Crippen LogP contribution in [0.15, 0.2) is 24.3 Å². The zero-order chi connectivity index (χ0) is 17.6. The molecule has 144 valence electrons. The van der Waals surface area contributed by atoms with Gasteiger partial charge in [0.2, 0.25) is 5.91 Å². The zero-order valence-corrected chi connectivity index (χ0v) is 16.6. The lowest BCUT2D eigenvalue weighted by molar-refractivity contribution is -0.133. The van der Waals surface area contributed by atoms with Gasteiger partial charge in [-0.05, 0) is 18.2 Å². The summed E-state index contributed by atoms with van der Waals surface area (Å²) in [5, 5.41) is 3.40. The van der Waals surface area contributed by atoms with E-state index in [9.17, 15) is 9.59 Å². The van der Waals surface area contributed by atoms with E-state index in [0.29, 0.717) is 43.9 Å². The lowest BCUT2D eigenvalue weighted by Gasteiger charge is -2.36. The van der Waals surface area contributed by atoms with Crippen LogP contribution >= 0.6 is 24.2 Å². The average molecular weight is 400 g/mol. The van der Waals surface area contributed by atoms with Crippen molar-refractivity contribution in [1.29, 1.82) is 0 Å². The Morgan fingerprint density at radius 1 is 1.23 bits per heavy atom. The Morgan fingerprint density at radius 3 is 2.62 bits per heavy atom. The molecule has 2 aliphatic rings. The molecule has 8 heteroatoms. The minimum atomic E-state index is -0.00338. The summed E-state index contributed by atoms with van der Waals surface area (Å²) < 4.78 is 5.18. The molecule has 1 unspecified atom stereocenters. The first-order valence-corrected chi connectivity index (χ1v) is 9.85. The summed E-state index contributed by atoms with van der Waals surface area (Å²) in [4.78, 5) is 28.8. The van der Waals surface area contributed by atoms with E-state index >= 15 is 0 Å². The van der Waals surface area contributed by atoms with Gasteiger partial charge in [0.1, 0.15) is 5.75 Å². The lowest BCUT2D eigenvalue weighted by atomic mass is 10.1. The largest absolute Gasteiger partial charge is 0.497 e. The summed E-state index contributed by atoms with van der Waals surface area (Å²) in [7, 11) is 1.59. The molecule has 2 saturated heterocycles. The normalized spacial score (nSPS) is 20.3. The van der Waals surface area contributed by atoms with Crippen molar-refractivity contribution in [2.24, 2.45) is 0 Å². The van der Waals surface area contributed by atoms with Gasteiger partial charge in [0.25, 0.3) is 5.91 Å². The SMILES string of the molecule is COc1cccc(C(=O)N2CCN(C(=O)CC3CSCCN3)CC2)c1.Cl. The van der Waals surface area contributed by atoms with Crippen LogP contribution in [0.4, 0.5) is 0 Å². The number of piperazine rings is 1. The number of amides is 2. The minimum absolute atomic E-state index is 0. The Labute approximate surface area is 165 Å². The molecule has 1 N–H and O–H groups in total. The second-order valence-corrected chi connectivity index (χ2v) is 7.48. The van der Waals surface area contributed by atoms with E-state index in [-0.39, 0.29) is 30.3 Å². The number of methoxy groups -OCH3 is 1. The third-order valence-corrected chi connectivity index (χ3v) is 5.79. The predicted molar refractivity (Wildman–Crippen MR) is 106 cm³/mol. The second kappa shape index (κ2) is 10.0. The van der Waals surface area contributed by atoms with Gasteiger partial charge in [-0.3, -0.25) is 9.59 Å². The van der Waals surface area contributed by atoms with Crippen LogP contribution < -0.4 is 10.1 Å². The average Bonchev–Trinajstić information content (AvgIpc) is 2.68. The van der Waals surface area contributed by atoms with Gasteiger partial charge in [-0.15, -0.1) is 12.4 Å². The molecule has 0 aliphatic carbocycles. The van der Waals surface area contributed by atoms with Crippen LogP contribution in [0, 0.1) is 0 Å². The van der Waals surface area contributed by atoms with E-state index < -0.39 is 0 Å². The Hall–Kier alpha value is -1.44. The number of rotatable bonds is 4. The van der Waals surface area contributed by atoms with Crippen molar-refractivity contribution in [3.8, 4) is 5.75 Å². The standard InChI is InChI=1S/C18H25N3O3S.ClH/c1-24-16-4-2-3-14(11-16)18(23)21-8-6-20(7-9-21)17(22)12-15-13-25-10-5-19-15;/h2-4,11,15,19H,5-10,12-13H2,1H3;1H. The third-order valence-electron chi connectivity index (χ3n) is 4.66. The van der Waals surface area contributed by atoms with Gasteiger partial charge >= 0.3 is 0 Å². The molecule has 0 radical (unpaired) electrons. The number of halogens is 1. The topological polar surface area (TPSA) is 61.9 Å². The highest BCUT2D eigenvalue weighted by atomic mass is 35.5. The third kappa shape index (κ3) is 5.28. The Kier molecular flexibility index (Phi) is 8.06.